The maximum absolute atomic E-state index is 12.7. The minimum atomic E-state index is -0.253. The Hall–Kier alpha value is -2.78. The van der Waals surface area contributed by atoms with E-state index in [1.54, 1.807) is 12.3 Å². The highest BCUT2D eigenvalue weighted by Crippen LogP contribution is 2.20. The number of rotatable bonds is 5. The van der Waals surface area contributed by atoms with E-state index in [0.29, 0.717) is 57.3 Å². The van der Waals surface area contributed by atoms with Crippen LogP contribution in [0.15, 0.2) is 35.0 Å². The molecule has 9 heteroatoms. The average Bonchev–Trinajstić information content (AvgIpc) is 3.27. The van der Waals surface area contributed by atoms with Crippen molar-refractivity contribution < 1.29 is 18.8 Å². The van der Waals surface area contributed by atoms with E-state index in [0.717, 1.165) is 5.69 Å². The summed E-state index contributed by atoms with van der Waals surface area (Å²) in [7, 11) is 0. The van der Waals surface area contributed by atoms with Crippen LogP contribution in [0, 0.1) is 11.8 Å². The van der Waals surface area contributed by atoms with Gasteiger partial charge in [-0.2, -0.15) is 0 Å². The van der Waals surface area contributed by atoms with E-state index in [2.05, 4.69) is 20.8 Å². The number of amides is 2. The molecular formula is C20H25N5O4. The van der Waals surface area contributed by atoms with Crippen molar-refractivity contribution in [3.8, 4) is 11.4 Å². The Kier molecular flexibility index (Phi) is 6.16. The molecular weight excluding hydrogens is 374 g/mol. The number of ether oxygens (including phenoxy) is 1. The molecule has 4 heterocycles. The van der Waals surface area contributed by atoms with Gasteiger partial charge in [0.25, 0.3) is 0 Å². The summed E-state index contributed by atoms with van der Waals surface area (Å²) in [6, 6.07) is 7.33. The fraction of sp³-hybridized carbons (Fsp3) is 0.500. The third-order valence-electron chi connectivity index (χ3n) is 5.32. The lowest BCUT2D eigenvalue weighted by Gasteiger charge is -2.34. The van der Waals surface area contributed by atoms with Crippen molar-refractivity contribution in [3.05, 3.63) is 36.2 Å². The number of carbonyl (C=O) groups is 2. The highest BCUT2D eigenvalue weighted by Gasteiger charge is 2.33. The summed E-state index contributed by atoms with van der Waals surface area (Å²) in [5.74, 6) is 0.139. The molecule has 2 aliphatic rings. The Morgan fingerprint density at radius 2 is 2.00 bits per heavy atom. The summed E-state index contributed by atoms with van der Waals surface area (Å²) in [6.07, 6.45) is 2.24. The molecule has 9 nitrogen and oxygen atoms in total. The molecule has 2 N–H and O–H groups in total. The van der Waals surface area contributed by atoms with Gasteiger partial charge in [0.05, 0.1) is 37.3 Å². The monoisotopic (exact) mass is 399 g/mol. The normalized spacial score (nSPS) is 22.3. The molecule has 0 spiro atoms. The predicted molar refractivity (Wildman–Crippen MR) is 103 cm³/mol. The van der Waals surface area contributed by atoms with E-state index in [4.69, 9.17) is 9.26 Å². The largest absolute Gasteiger partial charge is 0.378 e. The van der Waals surface area contributed by atoms with Crippen molar-refractivity contribution in [2.24, 2.45) is 11.8 Å². The maximum Gasteiger partial charge on any atom is 0.227 e. The lowest BCUT2D eigenvalue weighted by molar-refractivity contribution is -0.141. The fourth-order valence-electron chi connectivity index (χ4n) is 3.72. The highest BCUT2D eigenvalue weighted by atomic mass is 16.5. The molecule has 2 atom stereocenters. The van der Waals surface area contributed by atoms with Gasteiger partial charge in [-0.1, -0.05) is 11.2 Å². The lowest BCUT2D eigenvalue weighted by atomic mass is 9.88. The first-order chi connectivity index (χ1) is 14.2. The number of pyridine rings is 1. The Morgan fingerprint density at radius 3 is 2.79 bits per heavy atom. The van der Waals surface area contributed by atoms with Gasteiger partial charge in [0.1, 0.15) is 5.69 Å². The molecule has 2 aliphatic heterocycles. The van der Waals surface area contributed by atoms with E-state index in [9.17, 15) is 9.59 Å². The first-order valence-corrected chi connectivity index (χ1v) is 9.92. The van der Waals surface area contributed by atoms with Crippen LogP contribution in [0.1, 0.15) is 12.2 Å². The van der Waals surface area contributed by atoms with Gasteiger partial charge in [-0.3, -0.25) is 14.6 Å². The SMILES string of the molecule is O=C(NCc1cc(-c2ccccn2)no1)[C@H]1CNC[C@@H](C(=O)N2CCOCC2)C1. The second kappa shape index (κ2) is 9.15. The molecule has 0 bridgehead atoms. The topological polar surface area (TPSA) is 110 Å². The molecule has 29 heavy (non-hydrogen) atoms. The van der Waals surface area contributed by atoms with Gasteiger partial charge in [-0.25, -0.2) is 0 Å². The minimum absolute atomic E-state index is 0.0900. The van der Waals surface area contributed by atoms with Gasteiger partial charge in [0.2, 0.25) is 11.8 Å². The molecule has 2 amide bonds. The van der Waals surface area contributed by atoms with Crippen LogP contribution < -0.4 is 10.6 Å². The second-order valence-electron chi connectivity index (χ2n) is 7.34. The van der Waals surface area contributed by atoms with E-state index in [-0.39, 0.29) is 30.2 Å². The van der Waals surface area contributed by atoms with Crippen molar-refractivity contribution in [3.63, 3.8) is 0 Å². The predicted octanol–water partition coefficient (Wildman–Crippen LogP) is 0.437. The number of carbonyl (C=O) groups excluding carboxylic acids is 2. The van der Waals surface area contributed by atoms with E-state index < -0.39 is 0 Å². The number of aromatic nitrogens is 2. The zero-order valence-corrected chi connectivity index (χ0v) is 16.2. The number of hydrogen-bond acceptors (Lipinski definition) is 7. The van der Waals surface area contributed by atoms with E-state index in [1.165, 1.54) is 0 Å². The molecule has 154 valence electrons. The highest BCUT2D eigenvalue weighted by molar-refractivity contribution is 5.83. The Bertz CT molecular complexity index is 834. The zero-order valence-electron chi connectivity index (χ0n) is 16.2. The van der Waals surface area contributed by atoms with Gasteiger partial charge in [0.15, 0.2) is 5.76 Å². The number of morpholine rings is 1. The minimum Gasteiger partial charge on any atom is -0.378 e. The third kappa shape index (κ3) is 4.80. The molecule has 2 aromatic heterocycles. The molecule has 0 saturated carbocycles. The van der Waals surface area contributed by atoms with E-state index in [1.807, 2.05) is 23.1 Å². The molecule has 0 unspecified atom stereocenters. The summed E-state index contributed by atoms with van der Waals surface area (Å²) in [5.41, 5.74) is 1.35. The summed E-state index contributed by atoms with van der Waals surface area (Å²) in [5, 5.41) is 10.1. The van der Waals surface area contributed by atoms with Crippen molar-refractivity contribution in [1.82, 2.24) is 25.7 Å². The quantitative estimate of drug-likeness (QED) is 0.751. The van der Waals surface area contributed by atoms with Crippen LogP contribution in [0.3, 0.4) is 0 Å². The van der Waals surface area contributed by atoms with Crippen LogP contribution in [0.2, 0.25) is 0 Å². The molecule has 0 aliphatic carbocycles. The number of hydrogen-bond donors (Lipinski definition) is 2. The first kappa shape index (κ1) is 19.5. The Balaban J connectivity index is 1.29. The summed E-state index contributed by atoms with van der Waals surface area (Å²) < 4.78 is 10.6. The smallest absolute Gasteiger partial charge is 0.227 e. The Labute approximate surface area is 168 Å². The van der Waals surface area contributed by atoms with Gasteiger partial charge in [-0.05, 0) is 18.6 Å². The molecule has 2 saturated heterocycles. The van der Waals surface area contributed by atoms with Crippen LogP contribution in [0.25, 0.3) is 11.4 Å². The summed E-state index contributed by atoms with van der Waals surface area (Å²) >= 11 is 0. The molecule has 4 rings (SSSR count). The lowest BCUT2D eigenvalue weighted by Crippen LogP contribution is -2.51. The van der Waals surface area contributed by atoms with Crippen LogP contribution in [-0.4, -0.2) is 66.2 Å². The van der Waals surface area contributed by atoms with Crippen molar-refractivity contribution in [2.45, 2.75) is 13.0 Å². The number of nitrogens with one attached hydrogen (secondary N) is 2. The Morgan fingerprint density at radius 1 is 1.17 bits per heavy atom. The molecule has 2 fully saturated rings. The van der Waals surface area contributed by atoms with Crippen molar-refractivity contribution >= 4 is 11.8 Å². The van der Waals surface area contributed by atoms with Crippen molar-refractivity contribution in [2.75, 3.05) is 39.4 Å². The van der Waals surface area contributed by atoms with Crippen molar-refractivity contribution in [1.29, 1.82) is 0 Å². The zero-order chi connectivity index (χ0) is 20.1. The third-order valence-corrected chi connectivity index (χ3v) is 5.32. The number of piperidine rings is 1. The average molecular weight is 399 g/mol. The molecule has 2 aromatic rings. The fourth-order valence-corrected chi connectivity index (χ4v) is 3.72. The van der Waals surface area contributed by atoms with Crippen LogP contribution in [0.4, 0.5) is 0 Å². The maximum atomic E-state index is 12.7. The summed E-state index contributed by atoms with van der Waals surface area (Å²) in [6.45, 7) is 3.81. The second-order valence-corrected chi connectivity index (χ2v) is 7.34. The van der Waals surface area contributed by atoms with Crippen LogP contribution in [0.5, 0.6) is 0 Å². The molecule has 0 radical (unpaired) electrons. The standard InChI is InChI=1S/C20H25N5O4/c26-19(23-13-16-10-18(24-29-16)17-3-1-2-4-22-17)14-9-15(12-21-11-14)20(27)25-5-7-28-8-6-25/h1-4,10,14-15,21H,5-9,11-13H2,(H,23,26)/t14-,15+/m1/s1. The van der Waals surface area contributed by atoms with Gasteiger partial charge in [-0.15, -0.1) is 0 Å². The van der Waals surface area contributed by atoms with Gasteiger partial charge >= 0.3 is 0 Å². The first-order valence-electron chi connectivity index (χ1n) is 9.92. The number of nitrogens with zero attached hydrogens (tertiary/aromatic N) is 3. The van der Waals surface area contributed by atoms with E-state index >= 15 is 0 Å². The molecule has 0 aromatic carbocycles. The van der Waals surface area contributed by atoms with Crippen LogP contribution >= 0.6 is 0 Å². The van der Waals surface area contributed by atoms with Gasteiger partial charge in [0, 0.05) is 38.4 Å². The van der Waals surface area contributed by atoms with Crippen LogP contribution in [-0.2, 0) is 20.9 Å². The summed E-state index contributed by atoms with van der Waals surface area (Å²) in [4.78, 5) is 31.4. The van der Waals surface area contributed by atoms with Gasteiger partial charge < -0.3 is 24.8 Å².